The molecule has 0 unspecified atom stereocenters. The van der Waals surface area contributed by atoms with Gasteiger partial charge in [-0.05, 0) is 56.1 Å². The molecule has 1 fully saturated rings. The number of rotatable bonds is 7. The van der Waals surface area contributed by atoms with Gasteiger partial charge in [0.05, 0.1) is 22.7 Å². The van der Waals surface area contributed by atoms with Gasteiger partial charge in [0.2, 0.25) is 0 Å². The van der Waals surface area contributed by atoms with Crippen LogP contribution in [0.5, 0.6) is 0 Å². The van der Waals surface area contributed by atoms with Gasteiger partial charge in [-0.15, -0.1) is 0 Å². The average molecular weight is 591 g/mol. The van der Waals surface area contributed by atoms with Crippen molar-refractivity contribution in [2.24, 2.45) is 0 Å². The maximum atomic E-state index is 16.4. The van der Waals surface area contributed by atoms with E-state index in [-0.39, 0.29) is 48.3 Å². The topological polar surface area (TPSA) is 78.8 Å². The molecule has 0 radical (unpaired) electrons. The third-order valence-corrected chi connectivity index (χ3v) is 8.75. The third kappa shape index (κ3) is 4.48. The minimum absolute atomic E-state index is 0.00539. The van der Waals surface area contributed by atoms with Crippen molar-refractivity contribution >= 4 is 29.1 Å². The Bertz CT molecular complexity index is 1420. The van der Waals surface area contributed by atoms with Gasteiger partial charge in [-0.25, -0.2) is 18.7 Å². The molecule has 7 nitrogen and oxygen atoms in total. The summed E-state index contributed by atoms with van der Waals surface area (Å²) in [4.78, 5) is 25.8. The van der Waals surface area contributed by atoms with Crippen LogP contribution in [0.3, 0.4) is 0 Å². The van der Waals surface area contributed by atoms with Gasteiger partial charge in [-0.3, -0.25) is 9.69 Å². The zero-order chi connectivity index (χ0) is 28.9. The molecule has 3 aromatic rings. The van der Waals surface area contributed by atoms with Crippen LogP contribution in [0.25, 0.3) is 0 Å². The summed E-state index contributed by atoms with van der Waals surface area (Å²) in [6, 6.07) is 9.05. The second-order valence-corrected chi connectivity index (χ2v) is 11.3. The summed E-state index contributed by atoms with van der Waals surface area (Å²) in [5.41, 5.74) is -5.35. The highest BCUT2D eigenvalue weighted by Gasteiger charge is 2.57. The number of amides is 1. The van der Waals surface area contributed by atoms with Crippen LogP contribution in [0, 0.1) is 5.82 Å². The smallest absolute Gasteiger partial charge is 0.257 e. The molecule has 0 aliphatic carbocycles. The molecular formula is C29H30Cl2F2N4O3. The Morgan fingerprint density at radius 3 is 2.30 bits per heavy atom. The Morgan fingerprint density at radius 1 is 1.10 bits per heavy atom. The summed E-state index contributed by atoms with van der Waals surface area (Å²) in [6.07, 6.45) is 2.95. The van der Waals surface area contributed by atoms with E-state index < -0.39 is 28.7 Å². The Kier molecular flexibility index (Phi) is 7.65. The fourth-order valence-corrected chi connectivity index (χ4v) is 6.22. The van der Waals surface area contributed by atoms with Crippen LogP contribution >= 0.6 is 23.2 Å². The number of piperidine rings is 1. The molecule has 2 atom stereocenters. The number of alkyl halides is 1. The average Bonchev–Trinajstić information content (AvgIpc) is 3.19. The van der Waals surface area contributed by atoms with E-state index in [1.54, 1.807) is 31.2 Å². The molecule has 1 aromatic heterocycles. The summed E-state index contributed by atoms with van der Waals surface area (Å²) in [6.45, 7) is 2.41. The number of fused-ring (bicyclic) bond motifs is 1. The van der Waals surface area contributed by atoms with E-state index >= 15 is 8.78 Å². The van der Waals surface area contributed by atoms with Gasteiger partial charge in [0.1, 0.15) is 22.9 Å². The van der Waals surface area contributed by atoms with Gasteiger partial charge in [0, 0.05) is 43.2 Å². The number of carbonyl (C=O) groups is 1. The molecule has 0 spiro atoms. The Morgan fingerprint density at radius 2 is 1.73 bits per heavy atom. The summed E-state index contributed by atoms with van der Waals surface area (Å²) >= 11 is 12.1. The lowest BCUT2D eigenvalue weighted by Crippen LogP contribution is -2.54. The van der Waals surface area contributed by atoms with Gasteiger partial charge < -0.3 is 14.7 Å². The molecule has 3 heterocycles. The maximum Gasteiger partial charge on any atom is 0.257 e. The molecule has 11 heteroatoms. The summed E-state index contributed by atoms with van der Waals surface area (Å²) in [5.74, 6) is -1.14. The number of likely N-dealkylation sites (tertiary alicyclic amines) is 1. The van der Waals surface area contributed by atoms with Gasteiger partial charge in [0.15, 0.2) is 5.72 Å². The molecule has 0 bridgehead atoms. The lowest BCUT2D eigenvalue weighted by atomic mass is 9.71. The van der Waals surface area contributed by atoms with E-state index in [1.807, 2.05) is 11.9 Å². The van der Waals surface area contributed by atoms with Crippen LogP contribution < -0.4 is 0 Å². The van der Waals surface area contributed by atoms with Gasteiger partial charge >= 0.3 is 0 Å². The lowest BCUT2D eigenvalue weighted by Gasteiger charge is -2.45. The molecule has 2 aliphatic heterocycles. The van der Waals surface area contributed by atoms with Crippen molar-refractivity contribution in [3.63, 3.8) is 0 Å². The number of hydrogen-bond acceptors (Lipinski definition) is 6. The van der Waals surface area contributed by atoms with Gasteiger partial charge in [-0.2, -0.15) is 0 Å². The molecule has 2 aromatic carbocycles. The minimum atomic E-state index is -2.01. The molecule has 1 amide bonds. The van der Waals surface area contributed by atoms with Crippen LogP contribution in [-0.2, 0) is 22.6 Å². The highest BCUT2D eigenvalue weighted by Crippen LogP contribution is 2.51. The molecule has 1 N–H and O–H groups in total. The molecular weight excluding hydrogens is 561 g/mol. The molecule has 212 valence electrons. The lowest BCUT2D eigenvalue weighted by molar-refractivity contribution is -0.136. The number of methoxy groups -OCH3 is 1. The zero-order valence-corrected chi connectivity index (χ0v) is 23.9. The minimum Gasteiger partial charge on any atom is -0.382 e. The van der Waals surface area contributed by atoms with Crippen molar-refractivity contribution in [2.45, 2.75) is 49.7 Å². The zero-order valence-electron chi connectivity index (χ0n) is 22.4. The number of aromatic nitrogens is 2. The number of hydrogen-bond donors (Lipinski definition) is 1. The van der Waals surface area contributed by atoms with E-state index in [0.29, 0.717) is 28.7 Å². The highest BCUT2D eigenvalue weighted by atomic mass is 35.5. The van der Waals surface area contributed by atoms with Crippen molar-refractivity contribution in [3.05, 3.63) is 92.7 Å². The van der Waals surface area contributed by atoms with Crippen LogP contribution in [-0.4, -0.2) is 63.7 Å². The largest absolute Gasteiger partial charge is 0.382 e. The predicted molar refractivity (Wildman–Crippen MR) is 147 cm³/mol. The Labute approximate surface area is 241 Å². The monoisotopic (exact) mass is 590 g/mol. The van der Waals surface area contributed by atoms with Crippen LogP contribution in [0.4, 0.5) is 8.78 Å². The Hall–Kier alpha value is -2.69. The second-order valence-electron chi connectivity index (χ2n) is 10.4. The quantitative estimate of drug-likeness (QED) is 0.394. The summed E-state index contributed by atoms with van der Waals surface area (Å²) in [7, 11) is 3.26. The number of ether oxygens (including phenoxy) is 1. The SMILES string of the molecule is CC[C@@](O)(c1cc(F)c2c(c1)C(=O)N(Cc1ncc(Cl)cn1)[C@@]2(OC)c1ccc(Cl)cc1)C1(F)CCN(C)CC1. The highest BCUT2D eigenvalue weighted by molar-refractivity contribution is 6.30. The van der Waals surface area contributed by atoms with Crippen molar-refractivity contribution in [1.82, 2.24) is 19.8 Å². The van der Waals surface area contributed by atoms with E-state index in [1.165, 1.54) is 30.5 Å². The molecule has 40 heavy (non-hydrogen) atoms. The Balaban J connectivity index is 1.69. The van der Waals surface area contributed by atoms with Crippen LogP contribution in [0.1, 0.15) is 59.1 Å². The number of carbonyl (C=O) groups excluding carboxylic acids is 1. The molecule has 1 saturated heterocycles. The predicted octanol–water partition coefficient (Wildman–Crippen LogP) is 5.46. The van der Waals surface area contributed by atoms with E-state index in [4.69, 9.17) is 27.9 Å². The summed E-state index contributed by atoms with van der Waals surface area (Å²) in [5, 5.41) is 12.6. The second kappa shape index (κ2) is 10.6. The van der Waals surface area contributed by atoms with Crippen LogP contribution in [0.15, 0.2) is 48.8 Å². The van der Waals surface area contributed by atoms with Gasteiger partial charge in [-0.1, -0.05) is 42.3 Å². The summed E-state index contributed by atoms with van der Waals surface area (Å²) < 4.78 is 38.8. The maximum absolute atomic E-state index is 16.4. The first-order valence-corrected chi connectivity index (χ1v) is 13.8. The normalized spacial score (nSPS) is 22.3. The number of benzene rings is 2. The number of aliphatic hydroxyl groups is 1. The molecule has 0 saturated carbocycles. The van der Waals surface area contributed by atoms with E-state index in [9.17, 15) is 9.90 Å². The first-order valence-electron chi connectivity index (χ1n) is 13.0. The fraction of sp³-hybridized carbons (Fsp3) is 0.414. The first-order chi connectivity index (χ1) is 19.0. The van der Waals surface area contributed by atoms with E-state index in [2.05, 4.69) is 9.97 Å². The van der Waals surface area contributed by atoms with Crippen molar-refractivity contribution in [1.29, 1.82) is 0 Å². The molecule has 5 rings (SSSR count). The van der Waals surface area contributed by atoms with Crippen LogP contribution in [0.2, 0.25) is 10.0 Å². The van der Waals surface area contributed by atoms with Gasteiger partial charge in [0.25, 0.3) is 5.91 Å². The first kappa shape index (κ1) is 28.8. The molecule has 2 aliphatic rings. The van der Waals surface area contributed by atoms with Crippen molar-refractivity contribution in [3.8, 4) is 0 Å². The number of nitrogens with zero attached hydrogens (tertiary/aromatic N) is 4. The fourth-order valence-electron chi connectivity index (χ4n) is 6.00. The standard InChI is InChI=1S/C29H30Cl2F2N4O3/c1-4-28(39,27(33)9-11-36(2)12-10-27)19-13-22-25(23(32)14-19)29(40-3,18-5-7-20(30)8-6-18)37(26(22)38)17-24-34-15-21(31)16-35-24/h5-8,13-16,39H,4,9-12,17H2,1-3H3/t28-,29-/m1/s1. The third-order valence-electron chi connectivity index (χ3n) is 8.30. The van der Waals surface area contributed by atoms with E-state index in [0.717, 1.165) is 6.07 Å². The van der Waals surface area contributed by atoms with Crippen molar-refractivity contribution in [2.75, 3.05) is 27.2 Å². The number of halogens is 4. The van der Waals surface area contributed by atoms with Crippen molar-refractivity contribution < 1.29 is 23.4 Å².